The minimum absolute atomic E-state index is 0.0936. The van der Waals surface area contributed by atoms with Crippen LogP contribution in [0.3, 0.4) is 0 Å². The average Bonchev–Trinajstić information content (AvgIpc) is 3.12. The van der Waals surface area contributed by atoms with Crippen LogP contribution in [0.5, 0.6) is 0 Å². The van der Waals surface area contributed by atoms with Gasteiger partial charge in [0.15, 0.2) is 0 Å². The molecule has 0 aliphatic heterocycles. The highest BCUT2D eigenvalue weighted by Crippen LogP contribution is 2.23. The predicted molar refractivity (Wildman–Crippen MR) is 97.8 cm³/mol. The molecule has 0 aliphatic carbocycles. The maximum Gasteiger partial charge on any atom is 0.249 e. The molecule has 0 saturated carbocycles. The van der Waals surface area contributed by atoms with E-state index in [-0.39, 0.29) is 24.3 Å². The number of aromatic nitrogens is 3. The molecule has 0 radical (unpaired) electrons. The smallest absolute Gasteiger partial charge is 0.249 e. The second kappa shape index (κ2) is 7.77. The van der Waals surface area contributed by atoms with Crippen molar-refractivity contribution in [1.29, 1.82) is 0 Å². The first kappa shape index (κ1) is 17.6. The van der Waals surface area contributed by atoms with E-state index in [0.29, 0.717) is 17.4 Å². The minimum atomic E-state index is -0.362. The number of benzene rings is 1. The highest BCUT2D eigenvalue weighted by Gasteiger charge is 2.24. The van der Waals surface area contributed by atoms with Crippen molar-refractivity contribution in [2.45, 2.75) is 26.3 Å². The first-order valence-corrected chi connectivity index (χ1v) is 8.40. The molecule has 0 saturated heterocycles. The first-order chi connectivity index (χ1) is 12.5. The molecule has 0 aliphatic rings. The van der Waals surface area contributed by atoms with Gasteiger partial charge < -0.3 is 15.6 Å². The Morgan fingerprint density at radius 2 is 1.85 bits per heavy atom. The van der Waals surface area contributed by atoms with Crippen LogP contribution in [0.2, 0.25) is 0 Å². The van der Waals surface area contributed by atoms with Gasteiger partial charge in [0.05, 0.1) is 6.42 Å². The molecule has 1 atom stereocenters. The fourth-order valence-electron chi connectivity index (χ4n) is 2.54. The lowest BCUT2D eigenvalue weighted by molar-refractivity contribution is -0.121. The molecule has 3 rings (SSSR count). The average molecular weight is 351 g/mol. The van der Waals surface area contributed by atoms with Crippen molar-refractivity contribution < 1.29 is 9.32 Å². The molecule has 1 aromatic carbocycles. The fourth-order valence-corrected chi connectivity index (χ4v) is 2.54. The highest BCUT2D eigenvalue weighted by atomic mass is 16.5. The molecule has 7 heteroatoms. The number of amides is 1. The van der Waals surface area contributed by atoms with E-state index in [1.54, 1.807) is 36.7 Å². The minimum Gasteiger partial charge on any atom is -0.399 e. The first-order valence-electron chi connectivity index (χ1n) is 8.40. The van der Waals surface area contributed by atoms with Gasteiger partial charge in [-0.2, -0.15) is 4.98 Å². The molecule has 7 nitrogen and oxygen atoms in total. The Bertz CT molecular complexity index is 859. The van der Waals surface area contributed by atoms with Crippen LogP contribution in [0.25, 0.3) is 11.4 Å². The van der Waals surface area contributed by atoms with Gasteiger partial charge >= 0.3 is 0 Å². The maximum absolute atomic E-state index is 12.4. The Morgan fingerprint density at radius 3 is 2.50 bits per heavy atom. The largest absolute Gasteiger partial charge is 0.399 e. The van der Waals surface area contributed by atoms with E-state index in [0.717, 1.165) is 11.1 Å². The Kier molecular flexibility index (Phi) is 5.26. The molecule has 2 heterocycles. The number of hydrogen-bond donors (Lipinski definition) is 2. The zero-order valence-corrected chi connectivity index (χ0v) is 14.7. The summed E-state index contributed by atoms with van der Waals surface area (Å²) < 4.78 is 5.40. The summed E-state index contributed by atoms with van der Waals surface area (Å²) in [4.78, 5) is 20.8. The summed E-state index contributed by atoms with van der Waals surface area (Å²) in [5.41, 5.74) is 8.04. The second-order valence-electron chi connectivity index (χ2n) is 6.40. The number of nitrogens with one attached hydrogen (secondary N) is 1. The third-order valence-electron chi connectivity index (χ3n) is 3.97. The number of anilines is 1. The van der Waals surface area contributed by atoms with Gasteiger partial charge in [-0.3, -0.25) is 9.78 Å². The Balaban J connectivity index is 1.72. The number of hydrogen-bond acceptors (Lipinski definition) is 6. The molecular formula is C19H21N5O2. The van der Waals surface area contributed by atoms with Crippen LogP contribution < -0.4 is 11.1 Å². The lowest BCUT2D eigenvalue weighted by Gasteiger charge is -2.18. The summed E-state index contributed by atoms with van der Waals surface area (Å²) in [6.45, 7) is 3.98. The van der Waals surface area contributed by atoms with Gasteiger partial charge in [0.25, 0.3) is 0 Å². The van der Waals surface area contributed by atoms with Crippen molar-refractivity contribution in [2.75, 3.05) is 5.73 Å². The molecular weight excluding hydrogens is 330 g/mol. The maximum atomic E-state index is 12.4. The zero-order valence-electron chi connectivity index (χ0n) is 14.7. The van der Waals surface area contributed by atoms with Crippen LogP contribution in [0.4, 0.5) is 5.69 Å². The Labute approximate surface area is 151 Å². The van der Waals surface area contributed by atoms with Gasteiger partial charge in [0.1, 0.15) is 6.04 Å². The molecule has 0 fully saturated rings. The number of nitrogens with two attached hydrogens (primary N) is 1. The summed E-state index contributed by atoms with van der Waals surface area (Å²) in [5.74, 6) is 0.839. The van der Waals surface area contributed by atoms with E-state index in [4.69, 9.17) is 10.3 Å². The van der Waals surface area contributed by atoms with Gasteiger partial charge in [-0.25, -0.2) is 0 Å². The van der Waals surface area contributed by atoms with Crippen molar-refractivity contribution >= 4 is 11.6 Å². The predicted octanol–water partition coefficient (Wildman–Crippen LogP) is 2.77. The van der Waals surface area contributed by atoms with E-state index in [2.05, 4.69) is 20.4 Å². The summed E-state index contributed by atoms with van der Waals surface area (Å²) in [7, 11) is 0. The quantitative estimate of drug-likeness (QED) is 0.661. The van der Waals surface area contributed by atoms with Crippen LogP contribution in [0, 0.1) is 5.92 Å². The van der Waals surface area contributed by atoms with Gasteiger partial charge in [-0.15, -0.1) is 0 Å². The van der Waals surface area contributed by atoms with Gasteiger partial charge in [-0.05, 0) is 35.7 Å². The summed E-state index contributed by atoms with van der Waals surface area (Å²) >= 11 is 0. The van der Waals surface area contributed by atoms with Crippen molar-refractivity contribution in [3.63, 3.8) is 0 Å². The van der Waals surface area contributed by atoms with Crippen molar-refractivity contribution in [3.05, 3.63) is 60.2 Å². The van der Waals surface area contributed by atoms with Gasteiger partial charge in [0.2, 0.25) is 17.6 Å². The van der Waals surface area contributed by atoms with Crippen LogP contribution in [-0.4, -0.2) is 21.0 Å². The highest BCUT2D eigenvalue weighted by molar-refractivity contribution is 5.79. The fraction of sp³-hybridized carbons (Fsp3) is 0.263. The van der Waals surface area contributed by atoms with Crippen LogP contribution in [0.1, 0.15) is 31.3 Å². The lowest BCUT2D eigenvalue weighted by atomic mass is 10.0. The summed E-state index contributed by atoms with van der Waals surface area (Å²) in [6.07, 6.45) is 3.59. The van der Waals surface area contributed by atoms with E-state index in [1.807, 2.05) is 26.0 Å². The molecule has 134 valence electrons. The third kappa shape index (κ3) is 4.24. The molecule has 3 N–H and O–H groups in total. The van der Waals surface area contributed by atoms with Gasteiger partial charge in [0, 0.05) is 23.6 Å². The summed E-state index contributed by atoms with van der Waals surface area (Å²) in [5, 5.41) is 6.99. The van der Waals surface area contributed by atoms with Crippen molar-refractivity contribution in [2.24, 2.45) is 5.92 Å². The van der Waals surface area contributed by atoms with Gasteiger partial charge in [-0.1, -0.05) is 31.1 Å². The number of pyridine rings is 1. The SMILES string of the molecule is CC(C)C(NC(=O)Cc1ccc(N)cc1)c1nc(-c2ccncc2)no1. The van der Waals surface area contributed by atoms with E-state index < -0.39 is 0 Å². The number of rotatable bonds is 6. The Morgan fingerprint density at radius 1 is 1.15 bits per heavy atom. The molecule has 0 bridgehead atoms. The number of carbonyl (C=O) groups is 1. The van der Waals surface area contributed by atoms with Crippen LogP contribution in [0.15, 0.2) is 53.3 Å². The standard InChI is InChI=1S/C19H21N5O2/c1-12(2)17(22-16(25)11-13-3-5-15(20)6-4-13)19-23-18(24-26-19)14-7-9-21-10-8-14/h3-10,12,17H,11,20H2,1-2H3,(H,22,25). The number of nitrogens with zero attached hydrogens (tertiary/aromatic N) is 3. The van der Waals surface area contributed by atoms with E-state index >= 15 is 0 Å². The number of nitrogen functional groups attached to an aromatic ring is 1. The molecule has 26 heavy (non-hydrogen) atoms. The second-order valence-corrected chi connectivity index (χ2v) is 6.40. The van der Waals surface area contributed by atoms with Crippen molar-refractivity contribution in [1.82, 2.24) is 20.4 Å². The zero-order chi connectivity index (χ0) is 18.5. The third-order valence-corrected chi connectivity index (χ3v) is 3.97. The Hall–Kier alpha value is -3.22. The number of carbonyl (C=O) groups excluding carboxylic acids is 1. The van der Waals surface area contributed by atoms with Crippen LogP contribution in [-0.2, 0) is 11.2 Å². The van der Waals surface area contributed by atoms with Crippen LogP contribution >= 0.6 is 0 Å². The van der Waals surface area contributed by atoms with Crippen molar-refractivity contribution in [3.8, 4) is 11.4 Å². The normalized spacial score (nSPS) is 12.1. The molecule has 1 unspecified atom stereocenters. The van der Waals surface area contributed by atoms with E-state index in [9.17, 15) is 4.79 Å². The molecule has 2 aromatic heterocycles. The molecule has 0 spiro atoms. The monoisotopic (exact) mass is 351 g/mol. The molecule has 3 aromatic rings. The molecule has 1 amide bonds. The topological polar surface area (TPSA) is 107 Å². The lowest BCUT2D eigenvalue weighted by Crippen LogP contribution is -2.33. The summed E-state index contributed by atoms with van der Waals surface area (Å²) in [6, 6.07) is 10.5. The van der Waals surface area contributed by atoms with E-state index in [1.165, 1.54) is 0 Å².